The molecule has 1 rings (SSSR count). The number of benzene rings is 1. The summed E-state index contributed by atoms with van der Waals surface area (Å²) < 4.78 is 0. The Hall–Kier alpha value is -0.240. The highest BCUT2D eigenvalue weighted by Gasteiger charge is 2.09. The molecular formula is C8H5Cl3O. The van der Waals surface area contributed by atoms with E-state index in [0.717, 1.165) is 0 Å². The molecule has 12 heavy (non-hydrogen) atoms. The van der Waals surface area contributed by atoms with E-state index in [1.54, 1.807) is 13.0 Å². The lowest BCUT2D eigenvalue weighted by molar-refractivity contribution is 0.108. The number of halogens is 3. The minimum Gasteiger partial charge on any atom is -0.276 e. The van der Waals surface area contributed by atoms with E-state index >= 15 is 0 Å². The van der Waals surface area contributed by atoms with Gasteiger partial charge in [-0.05, 0) is 36.2 Å². The van der Waals surface area contributed by atoms with Crippen molar-refractivity contribution in [2.75, 3.05) is 0 Å². The lowest BCUT2D eigenvalue weighted by Gasteiger charge is -2.03. The molecule has 0 aliphatic carbocycles. The van der Waals surface area contributed by atoms with E-state index in [9.17, 15) is 4.79 Å². The minimum atomic E-state index is -0.545. The van der Waals surface area contributed by atoms with Gasteiger partial charge in [-0.2, -0.15) is 0 Å². The van der Waals surface area contributed by atoms with Crippen LogP contribution < -0.4 is 0 Å². The average molecular weight is 223 g/mol. The van der Waals surface area contributed by atoms with E-state index in [1.807, 2.05) is 0 Å². The number of hydrogen-bond donors (Lipinski definition) is 0. The van der Waals surface area contributed by atoms with Gasteiger partial charge in [-0.25, -0.2) is 0 Å². The summed E-state index contributed by atoms with van der Waals surface area (Å²) in [5.74, 6) is 0. The Morgan fingerprint density at radius 1 is 1.33 bits per heavy atom. The average Bonchev–Trinajstić information content (AvgIpc) is 1.96. The van der Waals surface area contributed by atoms with E-state index in [2.05, 4.69) is 0 Å². The van der Waals surface area contributed by atoms with Crippen LogP contribution in [0.2, 0.25) is 10.0 Å². The van der Waals surface area contributed by atoms with E-state index in [0.29, 0.717) is 21.2 Å². The molecule has 0 aliphatic heterocycles. The van der Waals surface area contributed by atoms with Gasteiger partial charge in [0, 0.05) is 15.6 Å². The molecule has 0 saturated heterocycles. The Bertz CT molecular complexity index is 333. The number of rotatable bonds is 1. The van der Waals surface area contributed by atoms with Crippen molar-refractivity contribution < 1.29 is 4.79 Å². The Morgan fingerprint density at radius 2 is 1.92 bits per heavy atom. The van der Waals surface area contributed by atoms with E-state index in [4.69, 9.17) is 34.8 Å². The Morgan fingerprint density at radius 3 is 2.42 bits per heavy atom. The van der Waals surface area contributed by atoms with Gasteiger partial charge < -0.3 is 0 Å². The molecule has 0 aliphatic rings. The van der Waals surface area contributed by atoms with Gasteiger partial charge in [-0.15, -0.1) is 0 Å². The summed E-state index contributed by atoms with van der Waals surface area (Å²) in [6.45, 7) is 1.72. The van der Waals surface area contributed by atoms with Crippen LogP contribution in [0.3, 0.4) is 0 Å². The summed E-state index contributed by atoms with van der Waals surface area (Å²) in [5.41, 5.74) is 1.01. The Kier molecular flexibility index (Phi) is 2.99. The van der Waals surface area contributed by atoms with Crippen molar-refractivity contribution in [2.24, 2.45) is 0 Å². The molecule has 0 heterocycles. The standard InChI is InChI=1S/C8H5Cl3O/c1-4-6(8(11)12)2-5(9)3-7(4)10/h2-3H,1H3. The van der Waals surface area contributed by atoms with Gasteiger partial charge in [-0.3, -0.25) is 4.79 Å². The minimum absolute atomic E-state index is 0.356. The predicted molar refractivity (Wildman–Crippen MR) is 51.4 cm³/mol. The molecule has 0 aromatic heterocycles. The van der Waals surface area contributed by atoms with E-state index < -0.39 is 5.24 Å². The molecule has 0 spiro atoms. The van der Waals surface area contributed by atoms with Crippen molar-refractivity contribution in [1.82, 2.24) is 0 Å². The molecule has 0 N–H and O–H groups in total. The molecule has 0 atom stereocenters. The quantitative estimate of drug-likeness (QED) is 0.664. The smallest absolute Gasteiger partial charge is 0.252 e. The van der Waals surface area contributed by atoms with Crippen molar-refractivity contribution in [2.45, 2.75) is 6.92 Å². The summed E-state index contributed by atoms with van der Waals surface area (Å²) in [6, 6.07) is 3.07. The van der Waals surface area contributed by atoms with Gasteiger partial charge in [0.05, 0.1) is 0 Å². The summed E-state index contributed by atoms with van der Waals surface area (Å²) in [7, 11) is 0. The van der Waals surface area contributed by atoms with Gasteiger partial charge in [-0.1, -0.05) is 23.2 Å². The van der Waals surface area contributed by atoms with Gasteiger partial charge in [0.2, 0.25) is 0 Å². The van der Waals surface area contributed by atoms with Crippen LogP contribution in [0.5, 0.6) is 0 Å². The highest BCUT2D eigenvalue weighted by atomic mass is 35.5. The van der Waals surface area contributed by atoms with Gasteiger partial charge >= 0.3 is 0 Å². The van der Waals surface area contributed by atoms with Gasteiger partial charge in [0.1, 0.15) is 0 Å². The number of hydrogen-bond acceptors (Lipinski definition) is 1. The first-order chi connectivity index (χ1) is 5.52. The summed E-state index contributed by atoms with van der Waals surface area (Å²) in [6.07, 6.45) is 0. The zero-order valence-electron chi connectivity index (χ0n) is 6.20. The maximum atomic E-state index is 10.8. The largest absolute Gasteiger partial charge is 0.276 e. The Labute approximate surface area is 85.2 Å². The second-order valence-electron chi connectivity index (χ2n) is 2.33. The topological polar surface area (TPSA) is 17.1 Å². The molecule has 0 unspecified atom stereocenters. The van der Waals surface area contributed by atoms with Crippen LogP contribution in [0.4, 0.5) is 0 Å². The van der Waals surface area contributed by atoms with E-state index in [1.165, 1.54) is 6.07 Å². The van der Waals surface area contributed by atoms with Crippen LogP contribution in [0.25, 0.3) is 0 Å². The van der Waals surface area contributed by atoms with E-state index in [-0.39, 0.29) is 0 Å². The Balaban J connectivity index is 3.37. The molecule has 4 heteroatoms. The molecule has 64 valence electrons. The third-order valence-corrected chi connectivity index (χ3v) is 2.34. The fourth-order valence-corrected chi connectivity index (χ4v) is 1.54. The monoisotopic (exact) mass is 222 g/mol. The first-order valence-corrected chi connectivity index (χ1v) is 4.31. The third kappa shape index (κ3) is 1.92. The fourth-order valence-electron chi connectivity index (χ4n) is 0.850. The first kappa shape index (κ1) is 9.85. The maximum absolute atomic E-state index is 10.8. The molecule has 1 aromatic carbocycles. The van der Waals surface area contributed by atoms with Crippen LogP contribution in [0, 0.1) is 6.92 Å². The molecule has 0 saturated carbocycles. The predicted octanol–water partition coefficient (Wildman–Crippen LogP) is 3.68. The van der Waals surface area contributed by atoms with Crippen LogP contribution in [-0.2, 0) is 0 Å². The first-order valence-electron chi connectivity index (χ1n) is 3.18. The van der Waals surface area contributed by atoms with Crippen molar-refractivity contribution in [3.63, 3.8) is 0 Å². The second-order valence-corrected chi connectivity index (χ2v) is 3.52. The normalized spacial score (nSPS) is 10.0. The lowest BCUT2D eigenvalue weighted by Crippen LogP contribution is -1.93. The molecule has 1 nitrogen and oxygen atoms in total. The van der Waals surface area contributed by atoms with Crippen LogP contribution in [0.1, 0.15) is 15.9 Å². The van der Waals surface area contributed by atoms with Crippen molar-refractivity contribution >= 4 is 40.0 Å². The number of carbonyl (C=O) groups excluding carboxylic acids is 1. The molecular weight excluding hydrogens is 218 g/mol. The van der Waals surface area contributed by atoms with Gasteiger partial charge in [0.25, 0.3) is 5.24 Å². The fraction of sp³-hybridized carbons (Fsp3) is 0.125. The molecule has 0 bridgehead atoms. The SMILES string of the molecule is Cc1c(Cl)cc(Cl)cc1C(=O)Cl. The highest BCUT2D eigenvalue weighted by molar-refractivity contribution is 6.68. The van der Waals surface area contributed by atoms with Crippen LogP contribution in [0.15, 0.2) is 12.1 Å². The summed E-state index contributed by atoms with van der Waals surface area (Å²) >= 11 is 16.7. The highest BCUT2D eigenvalue weighted by Crippen LogP contribution is 2.25. The lowest BCUT2D eigenvalue weighted by atomic mass is 10.1. The second kappa shape index (κ2) is 3.65. The van der Waals surface area contributed by atoms with Crippen molar-refractivity contribution in [3.05, 3.63) is 33.3 Å². The summed E-state index contributed by atoms with van der Waals surface area (Å²) in [4.78, 5) is 10.8. The molecule has 1 aromatic rings. The van der Waals surface area contributed by atoms with Gasteiger partial charge in [0.15, 0.2) is 0 Å². The zero-order valence-corrected chi connectivity index (χ0v) is 8.46. The van der Waals surface area contributed by atoms with Crippen LogP contribution in [-0.4, -0.2) is 5.24 Å². The molecule has 0 fully saturated rings. The van der Waals surface area contributed by atoms with Crippen LogP contribution >= 0.6 is 34.8 Å². The molecule has 0 amide bonds. The number of carbonyl (C=O) groups is 1. The third-order valence-electron chi connectivity index (χ3n) is 1.52. The van der Waals surface area contributed by atoms with Crippen molar-refractivity contribution in [1.29, 1.82) is 0 Å². The maximum Gasteiger partial charge on any atom is 0.252 e. The summed E-state index contributed by atoms with van der Waals surface area (Å²) in [5, 5.41) is 0.318. The van der Waals surface area contributed by atoms with Crippen molar-refractivity contribution in [3.8, 4) is 0 Å². The molecule has 0 radical (unpaired) electrons. The zero-order chi connectivity index (χ0) is 9.30.